The van der Waals surface area contributed by atoms with E-state index in [4.69, 9.17) is 4.74 Å². The number of hydrogen-bond donors (Lipinski definition) is 1. The van der Waals surface area contributed by atoms with E-state index in [9.17, 15) is 14.9 Å². The number of hydrogen-bond acceptors (Lipinski definition) is 5. The Hall–Kier alpha value is -2.18. The van der Waals surface area contributed by atoms with Crippen LogP contribution in [0.3, 0.4) is 0 Å². The topological polar surface area (TPSA) is 94.4 Å². The molecule has 1 rings (SSSR count). The van der Waals surface area contributed by atoms with Gasteiger partial charge in [-0.2, -0.15) is 0 Å². The molecule has 0 aliphatic rings. The predicted molar refractivity (Wildman–Crippen MR) is 60.7 cm³/mol. The maximum atomic E-state index is 11.4. The predicted octanol–water partition coefficient (Wildman–Crippen LogP) is 2.34. The second kappa shape index (κ2) is 4.77. The van der Waals surface area contributed by atoms with Gasteiger partial charge in [0.15, 0.2) is 0 Å². The standard InChI is InChI=1S/C10H13N3O4/c1-10(2,3)17-9(14)12-7-4-5-11-8(6-7)13(15)16/h4-6H,1-3H3,(H,11,12,14). The van der Waals surface area contributed by atoms with E-state index in [2.05, 4.69) is 10.3 Å². The molecule has 7 nitrogen and oxygen atoms in total. The molecule has 0 fully saturated rings. The normalized spacial score (nSPS) is 10.8. The molecular weight excluding hydrogens is 226 g/mol. The van der Waals surface area contributed by atoms with Crippen LogP contribution in [0.2, 0.25) is 0 Å². The molecule has 1 amide bonds. The monoisotopic (exact) mass is 239 g/mol. The van der Waals surface area contributed by atoms with Crippen LogP contribution in [0.1, 0.15) is 20.8 Å². The first kappa shape index (κ1) is 12.9. The maximum Gasteiger partial charge on any atom is 0.412 e. The van der Waals surface area contributed by atoms with E-state index in [-0.39, 0.29) is 11.5 Å². The summed E-state index contributed by atoms with van der Waals surface area (Å²) in [6.07, 6.45) is 0.572. The maximum absolute atomic E-state index is 11.4. The van der Waals surface area contributed by atoms with Gasteiger partial charge in [0.05, 0.1) is 11.8 Å². The Balaban J connectivity index is 2.72. The van der Waals surface area contributed by atoms with Crippen molar-refractivity contribution in [2.24, 2.45) is 0 Å². The number of aromatic nitrogens is 1. The summed E-state index contributed by atoms with van der Waals surface area (Å²) in [5.74, 6) is -0.335. The fraction of sp³-hybridized carbons (Fsp3) is 0.400. The van der Waals surface area contributed by atoms with Gasteiger partial charge in [-0.25, -0.2) is 4.79 Å². The van der Waals surface area contributed by atoms with E-state index < -0.39 is 16.6 Å². The molecule has 0 radical (unpaired) electrons. The van der Waals surface area contributed by atoms with Crippen molar-refractivity contribution in [2.75, 3.05) is 5.32 Å². The summed E-state index contributed by atoms with van der Waals surface area (Å²) in [4.78, 5) is 24.7. The van der Waals surface area contributed by atoms with Crippen LogP contribution < -0.4 is 5.32 Å². The van der Waals surface area contributed by atoms with Crippen molar-refractivity contribution in [3.05, 3.63) is 28.4 Å². The zero-order valence-corrected chi connectivity index (χ0v) is 9.76. The van der Waals surface area contributed by atoms with Crippen molar-refractivity contribution < 1.29 is 14.5 Å². The van der Waals surface area contributed by atoms with Gasteiger partial charge in [-0.3, -0.25) is 5.32 Å². The smallest absolute Gasteiger partial charge is 0.412 e. The fourth-order valence-electron chi connectivity index (χ4n) is 1.02. The molecule has 0 aliphatic heterocycles. The Morgan fingerprint density at radius 1 is 1.53 bits per heavy atom. The quantitative estimate of drug-likeness (QED) is 0.631. The summed E-state index contributed by atoms with van der Waals surface area (Å²) < 4.78 is 5.00. The first-order chi connectivity index (χ1) is 7.78. The number of pyridine rings is 1. The summed E-state index contributed by atoms with van der Waals surface area (Å²) in [5.41, 5.74) is -0.357. The largest absolute Gasteiger partial charge is 0.444 e. The number of carbonyl (C=O) groups is 1. The number of nitrogens with zero attached hydrogens (tertiary/aromatic N) is 2. The van der Waals surface area contributed by atoms with Gasteiger partial charge in [-0.1, -0.05) is 0 Å². The van der Waals surface area contributed by atoms with Gasteiger partial charge in [-0.15, -0.1) is 0 Å². The van der Waals surface area contributed by atoms with Crippen LogP contribution in [-0.4, -0.2) is 21.6 Å². The van der Waals surface area contributed by atoms with Crippen LogP contribution in [0.4, 0.5) is 16.3 Å². The molecule has 1 aromatic rings. The highest BCUT2D eigenvalue weighted by Gasteiger charge is 2.17. The molecular formula is C10H13N3O4. The first-order valence-corrected chi connectivity index (χ1v) is 4.88. The molecule has 0 spiro atoms. The average Bonchev–Trinajstić information content (AvgIpc) is 2.14. The summed E-state index contributed by atoms with van der Waals surface area (Å²) >= 11 is 0. The van der Waals surface area contributed by atoms with Gasteiger partial charge >= 0.3 is 11.9 Å². The van der Waals surface area contributed by atoms with Gasteiger partial charge < -0.3 is 14.9 Å². The van der Waals surface area contributed by atoms with Crippen molar-refractivity contribution in [3.63, 3.8) is 0 Å². The second-order valence-electron chi connectivity index (χ2n) is 4.29. The summed E-state index contributed by atoms with van der Waals surface area (Å²) in [6.45, 7) is 5.17. The molecule has 0 saturated carbocycles. The van der Waals surface area contributed by atoms with E-state index in [1.807, 2.05) is 0 Å². The van der Waals surface area contributed by atoms with Crippen LogP contribution in [-0.2, 0) is 4.74 Å². The molecule has 1 heterocycles. The number of nitro groups is 1. The number of rotatable bonds is 2. The zero-order chi connectivity index (χ0) is 13.1. The highest BCUT2D eigenvalue weighted by atomic mass is 16.6. The Labute approximate surface area is 98.0 Å². The third-order valence-corrected chi connectivity index (χ3v) is 1.58. The lowest BCUT2D eigenvalue weighted by Gasteiger charge is -2.19. The van der Waals surface area contributed by atoms with Crippen LogP contribution in [0.25, 0.3) is 0 Å². The Kier molecular flexibility index (Phi) is 3.62. The number of ether oxygens (including phenoxy) is 1. The molecule has 17 heavy (non-hydrogen) atoms. The van der Waals surface area contributed by atoms with Crippen molar-refractivity contribution in [1.29, 1.82) is 0 Å². The minimum Gasteiger partial charge on any atom is -0.444 e. The molecule has 0 saturated heterocycles. The zero-order valence-electron chi connectivity index (χ0n) is 9.76. The lowest BCUT2D eigenvalue weighted by atomic mass is 10.2. The first-order valence-electron chi connectivity index (χ1n) is 4.88. The van der Waals surface area contributed by atoms with Crippen LogP contribution in [0.15, 0.2) is 18.3 Å². The van der Waals surface area contributed by atoms with Gasteiger partial charge in [0.2, 0.25) is 0 Å². The summed E-state index contributed by atoms with van der Waals surface area (Å²) in [7, 11) is 0. The van der Waals surface area contributed by atoms with E-state index in [1.165, 1.54) is 12.3 Å². The van der Waals surface area contributed by atoms with Crippen LogP contribution in [0, 0.1) is 10.1 Å². The van der Waals surface area contributed by atoms with Crippen molar-refractivity contribution in [3.8, 4) is 0 Å². The molecule has 92 valence electrons. The highest BCUT2D eigenvalue weighted by molar-refractivity contribution is 5.85. The molecule has 0 aliphatic carbocycles. The molecule has 0 bridgehead atoms. The van der Waals surface area contributed by atoms with Crippen molar-refractivity contribution in [1.82, 2.24) is 4.98 Å². The van der Waals surface area contributed by atoms with Crippen LogP contribution in [0.5, 0.6) is 0 Å². The third-order valence-electron chi connectivity index (χ3n) is 1.58. The number of carbonyl (C=O) groups excluding carboxylic acids is 1. The number of amides is 1. The van der Waals surface area contributed by atoms with Gasteiger partial charge in [-0.05, 0) is 30.7 Å². The summed E-state index contributed by atoms with van der Waals surface area (Å²) in [5, 5.41) is 12.9. The van der Waals surface area contributed by atoms with Gasteiger partial charge in [0.25, 0.3) is 0 Å². The molecule has 0 aromatic carbocycles. The molecule has 7 heteroatoms. The minimum absolute atomic E-state index is 0.265. The Bertz CT molecular complexity index is 439. The molecule has 1 N–H and O–H groups in total. The SMILES string of the molecule is CC(C)(C)OC(=O)Nc1ccnc([N+](=O)[O-])c1. The number of anilines is 1. The molecule has 0 unspecified atom stereocenters. The average molecular weight is 239 g/mol. The second-order valence-corrected chi connectivity index (χ2v) is 4.29. The Morgan fingerprint density at radius 2 is 2.18 bits per heavy atom. The van der Waals surface area contributed by atoms with Crippen molar-refractivity contribution >= 4 is 17.6 Å². The van der Waals surface area contributed by atoms with E-state index in [1.54, 1.807) is 20.8 Å². The molecule has 0 atom stereocenters. The lowest BCUT2D eigenvalue weighted by Crippen LogP contribution is -2.27. The van der Waals surface area contributed by atoms with E-state index >= 15 is 0 Å². The van der Waals surface area contributed by atoms with Crippen LogP contribution >= 0.6 is 0 Å². The Morgan fingerprint density at radius 3 is 2.71 bits per heavy atom. The minimum atomic E-state index is -0.669. The fourth-order valence-corrected chi connectivity index (χ4v) is 1.02. The summed E-state index contributed by atoms with van der Waals surface area (Å²) in [6, 6.07) is 2.60. The molecule has 1 aromatic heterocycles. The lowest BCUT2D eigenvalue weighted by molar-refractivity contribution is -0.389. The highest BCUT2D eigenvalue weighted by Crippen LogP contribution is 2.15. The van der Waals surface area contributed by atoms with Crippen molar-refractivity contribution in [2.45, 2.75) is 26.4 Å². The third kappa shape index (κ3) is 4.45. The number of nitrogens with one attached hydrogen (secondary N) is 1. The van der Waals surface area contributed by atoms with E-state index in [0.717, 1.165) is 6.07 Å². The van der Waals surface area contributed by atoms with E-state index in [0.29, 0.717) is 0 Å². The van der Waals surface area contributed by atoms with Gasteiger partial charge in [0, 0.05) is 6.07 Å². The van der Waals surface area contributed by atoms with Gasteiger partial charge in [0.1, 0.15) is 11.8 Å².